The van der Waals surface area contributed by atoms with Gasteiger partial charge in [-0.1, -0.05) is 31.2 Å². The molecule has 5 heteroatoms. The molecule has 5 nitrogen and oxygen atoms in total. The summed E-state index contributed by atoms with van der Waals surface area (Å²) in [5, 5.41) is 2.26. The van der Waals surface area contributed by atoms with Gasteiger partial charge in [-0.05, 0) is 67.5 Å². The molecule has 1 aliphatic heterocycles. The van der Waals surface area contributed by atoms with E-state index < -0.39 is 0 Å². The first-order chi connectivity index (χ1) is 15.4. The zero-order valence-electron chi connectivity index (χ0n) is 18.9. The van der Waals surface area contributed by atoms with Gasteiger partial charge in [-0.2, -0.15) is 0 Å². The van der Waals surface area contributed by atoms with Gasteiger partial charge in [0.2, 0.25) is 5.91 Å². The van der Waals surface area contributed by atoms with Crippen LogP contribution >= 0.6 is 0 Å². The first kappa shape index (κ1) is 20.7. The van der Waals surface area contributed by atoms with Crippen LogP contribution in [0.15, 0.2) is 60.9 Å². The minimum absolute atomic E-state index is 0.00114. The predicted molar refractivity (Wildman–Crippen MR) is 126 cm³/mol. The predicted octanol–water partition coefficient (Wildman–Crippen LogP) is 4.76. The SMILES string of the molecule is C[C@@H]1CN(C(=O)C2(C)CC2)[C@@H](C)CN1C(=O)c1ccc(-c2ccc3cnccc3c2)cc1. The van der Waals surface area contributed by atoms with Gasteiger partial charge in [0.1, 0.15) is 0 Å². The summed E-state index contributed by atoms with van der Waals surface area (Å²) in [5.41, 5.74) is 2.71. The maximum Gasteiger partial charge on any atom is 0.254 e. The first-order valence-electron chi connectivity index (χ1n) is 11.4. The zero-order chi connectivity index (χ0) is 22.5. The molecule has 2 amide bonds. The number of hydrogen-bond donors (Lipinski definition) is 0. The van der Waals surface area contributed by atoms with Crippen LogP contribution in [0.3, 0.4) is 0 Å². The average Bonchev–Trinajstić information content (AvgIpc) is 3.57. The molecule has 5 rings (SSSR count). The van der Waals surface area contributed by atoms with Crippen molar-refractivity contribution < 1.29 is 9.59 Å². The molecule has 3 aromatic rings. The fourth-order valence-electron chi connectivity index (χ4n) is 4.67. The third-order valence-corrected chi connectivity index (χ3v) is 7.13. The number of carbonyl (C=O) groups excluding carboxylic acids is 2. The number of carbonyl (C=O) groups is 2. The maximum absolute atomic E-state index is 13.3. The molecule has 2 aliphatic rings. The Morgan fingerprint density at radius 2 is 1.53 bits per heavy atom. The fraction of sp³-hybridized carbons (Fsp3) is 0.370. The Hall–Kier alpha value is -3.21. The smallest absolute Gasteiger partial charge is 0.254 e. The van der Waals surface area contributed by atoms with Crippen LogP contribution in [-0.4, -0.2) is 51.8 Å². The van der Waals surface area contributed by atoms with Gasteiger partial charge in [0.15, 0.2) is 0 Å². The Balaban J connectivity index is 1.31. The summed E-state index contributed by atoms with van der Waals surface area (Å²) in [5.74, 6) is 0.282. The number of benzene rings is 2. The highest BCUT2D eigenvalue weighted by molar-refractivity contribution is 5.95. The molecule has 2 atom stereocenters. The Bertz CT molecular complexity index is 1180. The number of piperazine rings is 1. The number of amides is 2. The summed E-state index contributed by atoms with van der Waals surface area (Å²) in [6, 6.07) is 16.2. The normalized spacial score (nSPS) is 22.1. The lowest BCUT2D eigenvalue weighted by Gasteiger charge is -2.45. The highest BCUT2D eigenvalue weighted by atomic mass is 16.2. The Labute approximate surface area is 189 Å². The lowest BCUT2D eigenvalue weighted by Crippen LogP contribution is -2.60. The lowest BCUT2D eigenvalue weighted by atomic mass is 9.99. The average molecular weight is 428 g/mol. The number of hydrogen-bond acceptors (Lipinski definition) is 3. The molecule has 1 saturated carbocycles. The highest BCUT2D eigenvalue weighted by Crippen LogP contribution is 2.47. The molecule has 2 heterocycles. The van der Waals surface area contributed by atoms with Crippen molar-refractivity contribution in [2.75, 3.05) is 13.1 Å². The van der Waals surface area contributed by atoms with Crippen LogP contribution in [-0.2, 0) is 4.79 Å². The molecule has 2 fully saturated rings. The molecule has 2 aromatic carbocycles. The molecule has 0 spiro atoms. The number of nitrogens with zero attached hydrogens (tertiary/aromatic N) is 3. The summed E-state index contributed by atoms with van der Waals surface area (Å²) >= 11 is 0. The van der Waals surface area contributed by atoms with Crippen LogP contribution in [0.5, 0.6) is 0 Å². The van der Waals surface area contributed by atoms with Gasteiger partial charge in [0.25, 0.3) is 5.91 Å². The summed E-state index contributed by atoms with van der Waals surface area (Å²) in [6.07, 6.45) is 5.62. The number of rotatable bonds is 3. The molecule has 0 unspecified atom stereocenters. The molecule has 1 aromatic heterocycles. The number of fused-ring (bicyclic) bond motifs is 1. The standard InChI is InChI=1S/C27H29N3O2/c1-18-17-30(26(32)27(3)11-12-27)19(2)16-29(18)25(31)21-6-4-20(5-7-21)22-8-9-24-15-28-13-10-23(24)14-22/h4-10,13-15,18-19H,11-12,16-17H2,1-3H3/t18-,19+/m1/s1. The number of pyridine rings is 1. The van der Waals surface area contributed by atoms with E-state index in [4.69, 9.17) is 0 Å². The maximum atomic E-state index is 13.3. The Kier molecular flexibility index (Phi) is 5.00. The van der Waals surface area contributed by atoms with Crippen LogP contribution < -0.4 is 0 Å². The van der Waals surface area contributed by atoms with Gasteiger partial charge in [-0.25, -0.2) is 0 Å². The molecular weight excluding hydrogens is 398 g/mol. The molecule has 164 valence electrons. The van der Waals surface area contributed by atoms with Gasteiger partial charge >= 0.3 is 0 Å². The molecular formula is C27H29N3O2. The second-order valence-corrected chi connectivity index (χ2v) is 9.69. The van der Waals surface area contributed by atoms with E-state index in [1.807, 2.05) is 60.2 Å². The minimum atomic E-state index is -0.171. The van der Waals surface area contributed by atoms with Gasteiger partial charge in [-0.15, -0.1) is 0 Å². The van der Waals surface area contributed by atoms with Crippen molar-refractivity contribution in [3.05, 3.63) is 66.5 Å². The Morgan fingerprint density at radius 1 is 0.875 bits per heavy atom. The van der Waals surface area contributed by atoms with Crippen LogP contribution in [0, 0.1) is 5.41 Å². The second kappa shape index (κ2) is 7.73. The van der Waals surface area contributed by atoms with Crippen molar-refractivity contribution in [3.8, 4) is 11.1 Å². The second-order valence-electron chi connectivity index (χ2n) is 9.69. The van der Waals surface area contributed by atoms with Crippen molar-refractivity contribution in [1.29, 1.82) is 0 Å². The molecule has 1 aliphatic carbocycles. The molecule has 1 saturated heterocycles. The molecule has 32 heavy (non-hydrogen) atoms. The van der Waals surface area contributed by atoms with E-state index >= 15 is 0 Å². The summed E-state index contributed by atoms with van der Waals surface area (Å²) in [7, 11) is 0. The fourth-order valence-corrected chi connectivity index (χ4v) is 4.67. The van der Waals surface area contributed by atoms with Gasteiger partial charge in [-0.3, -0.25) is 14.6 Å². The quantitative estimate of drug-likeness (QED) is 0.605. The molecule has 0 N–H and O–H groups in total. The Morgan fingerprint density at radius 3 is 2.25 bits per heavy atom. The third-order valence-electron chi connectivity index (χ3n) is 7.13. The van der Waals surface area contributed by atoms with Gasteiger partial charge < -0.3 is 9.80 Å². The van der Waals surface area contributed by atoms with Crippen molar-refractivity contribution in [2.24, 2.45) is 5.41 Å². The van der Waals surface area contributed by atoms with Crippen LogP contribution in [0.25, 0.3) is 21.9 Å². The van der Waals surface area contributed by atoms with Crippen molar-refractivity contribution in [2.45, 2.75) is 45.7 Å². The summed E-state index contributed by atoms with van der Waals surface area (Å²) in [6.45, 7) is 7.32. The van der Waals surface area contributed by atoms with E-state index in [9.17, 15) is 9.59 Å². The van der Waals surface area contributed by atoms with Crippen molar-refractivity contribution >= 4 is 22.6 Å². The zero-order valence-corrected chi connectivity index (χ0v) is 18.9. The van der Waals surface area contributed by atoms with Crippen LogP contribution in [0.1, 0.15) is 44.0 Å². The van der Waals surface area contributed by atoms with E-state index in [0.29, 0.717) is 18.7 Å². The van der Waals surface area contributed by atoms with E-state index in [1.165, 1.54) is 0 Å². The largest absolute Gasteiger partial charge is 0.336 e. The monoisotopic (exact) mass is 427 g/mol. The molecule has 0 radical (unpaired) electrons. The van der Waals surface area contributed by atoms with Crippen LogP contribution in [0.2, 0.25) is 0 Å². The third kappa shape index (κ3) is 3.66. The topological polar surface area (TPSA) is 53.5 Å². The summed E-state index contributed by atoms with van der Waals surface area (Å²) in [4.78, 5) is 34.2. The van der Waals surface area contributed by atoms with E-state index in [-0.39, 0.29) is 29.3 Å². The van der Waals surface area contributed by atoms with E-state index in [0.717, 1.165) is 34.7 Å². The molecule has 0 bridgehead atoms. The van der Waals surface area contributed by atoms with Gasteiger partial charge in [0, 0.05) is 53.9 Å². The highest BCUT2D eigenvalue weighted by Gasteiger charge is 2.49. The van der Waals surface area contributed by atoms with E-state index in [2.05, 4.69) is 30.1 Å². The van der Waals surface area contributed by atoms with Crippen molar-refractivity contribution in [3.63, 3.8) is 0 Å². The van der Waals surface area contributed by atoms with Crippen LogP contribution in [0.4, 0.5) is 0 Å². The van der Waals surface area contributed by atoms with E-state index in [1.54, 1.807) is 6.20 Å². The first-order valence-corrected chi connectivity index (χ1v) is 11.4. The lowest BCUT2D eigenvalue weighted by molar-refractivity contribution is -0.141. The summed E-state index contributed by atoms with van der Waals surface area (Å²) < 4.78 is 0. The minimum Gasteiger partial charge on any atom is -0.336 e. The number of aromatic nitrogens is 1. The van der Waals surface area contributed by atoms with Crippen molar-refractivity contribution in [1.82, 2.24) is 14.8 Å². The van der Waals surface area contributed by atoms with Gasteiger partial charge in [0.05, 0.1) is 0 Å².